The second kappa shape index (κ2) is 12.3. The van der Waals surface area contributed by atoms with Gasteiger partial charge >= 0.3 is 0 Å². The number of hydrogen-bond acceptors (Lipinski definition) is 5. The first-order valence-electron chi connectivity index (χ1n) is 9.80. The van der Waals surface area contributed by atoms with Gasteiger partial charge in [0, 0.05) is 40.0 Å². The van der Waals surface area contributed by atoms with Crippen molar-refractivity contribution in [3.05, 3.63) is 88.2 Å². The van der Waals surface area contributed by atoms with Gasteiger partial charge in [-0.1, -0.05) is 29.3 Å². The normalized spacial score (nSPS) is 10.4. The largest absolute Gasteiger partial charge is 0.492 e. The molecule has 0 saturated heterocycles. The van der Waals surface area contributed by atoms with Crippen molar-refractivity contribution in [3.8, 4) is 5.75 Å². The fourth-order valence-electron chi connectivity index (χ4n) is 2.62. The van der Waals surface area contributed by atoms with Crippen LogP contribution in [0, 0.1) is 0 Å². The predicted molar refractivity (Wildman–Crippen MR) is 127 cm³/mol. The molecule has 32 heavy (non-hydrogen) atoms. The van der Waals surface area contributed by atoms with Crippen molar-refractivity contribution in [1.82, 2.24) is 15.8 Å². The maximum Gasteiger partial charge on any atom is 0.269 e. The quantitative estimate of drug-likeness (QED) is 0.242. The summed E-state index contributed by atoms with van der Waals surface area (Å²) in [5, 5.41) is 0.936. The molecule has 1 heterocycles. The maximum atomic E-state index is 12.2. The summed E-state index contributed by atoms with van der Waals surface area (Å²) in [6.07, 6.45) is 4.22. The highest BCUT2D eigenvalue weighted by atomic mass is 35.5. The number of ether oxygens (including phenoxy) is 1. The summed E-state index contributed by atoms with van der Waals surface area (Å²) in [5.41, 5.74) is 6.41. The molecule has 0 aliphatic rings. The number of halogens is 2. The number of hydrogen-bond donors (Lipinski definition) is 2. The third kappa shape index (κ3) is 7.75. The second-order valence-electron chi connectivity index (χ2n) is 6.70. The Balaban J connectivity index is 1.35. The van der Waals surface area contributed by atoms with Crippen LogP contribution >= 0.6 is 35.0 Å². The van der Waals surface area contributed by atoms with Gasteiger partial charge < -0.3 is 4.74 Å². The van der Waals surface area contributed by atoms with Crippen molar-refractivity contribution < 1.29 is 14.3 Å². The van der Waals surface area contributed by atoms with Gasteiger partial charge in [-0.3, -0.25) is 25.4 Å². The summed E-state index contributed by atoms with van der Waals surface area (Å²) in [4.78, 5) is 29.3. The summed E-state index contributed by atoms with van der Waals surface area (Å²) in [6.45, 7) is 0.306. The van der Waals surface area contributed by atoms with Crippen LogP contribution in [0.5, 0.6) is 5.75 Å². The first-order chi connectivity index (χ1) is 15.5. The van der Waals surface area contributed by atoms with Crippen LogP contribution in [-0.2, 0) is 10.5 Å². The Morgan fingerprint density at radius 1 is 1.03 bits per heavy atom. The highest BCUT2D eigenvalue weighted by Crippen LogP contribution is 2.27. The van der Waals surface area contributed by atoms with Crippen LogP contribution < -0.4 is 15.6 Å². The molecule has 0 aliphatic heterocycles. The van der Waals surface area contributed by atoms with Crippen LogP contribution in [-0.4, -0.2) is 23.4 Å². The van der Waals surface area contributed by atoms with E-state index in [-0.39, 0.29) is 18.2 Å². The summed E-state index contributed by atoms with van der Waals surface area (Å²) in [5.74, 6) is 0.606. The summed E-state index contributed by atoms with van der Waals surface area (Å²) < 4.78 is 5.53. The number of rotatable bonds is 9. The van der Waals surface area contributed by atoms with Gasteiger partial charge in [-0.15, -0.1) is 11.8 Å². The Morgan fingerprint density at radius 3 is 2.56 bits per heavy atom. The molecule has 2 aromatic carbocycles. The van der Waals surface area contributed by atoms with Crippen molar-refractivity contribution in [3.63, 3.8) is 0 Å². The minimum atomic E-state index is -0.383. The molecule has 166 valence electrons. The van der Waals surface area contributed by atoms with Gasteiger partial charge in [0.05, 0.1) is 11.6 Å². The van der Waals surface area contributed by atoms with Crippen LogP contribution in [0.25, 0.3) is 0 Å². The van der Waals surface area contributed by atoms with Gasteiger partial charge in [0.2, 0.25) is 5.91 Å². The van der Waals surface area contributed by atoms with Crippen LogP contribution in [0.1, 0.15) is 28.8 Å². The van der Waals surface area contributed by atoms with E-state index in [2.05, 4.69) is 15.8 Å². The number of hydrazine groups is 1. The lowest BCUT2D eigenvalue weighted by Gasteiger charge is -2.09. The molecule has 0 aliphatic carbocycles. The van der Waals surface area contributed by atoms with E-state index in [1.54, 1.807) is 48.3 Å². The zero-order valence-corrected chi connectivity index (χ0v) is 19.3. The number of aromatic nitrogens is 1. The molecule has 2 amide bonds. The molecule has 0 fully saturated rings. The zero-order chi connectivity index (χ0) is 22.8. The first kappa shape index (κ1) is 23.9. The summed E-state index contributed by atoms with van der Waals surface area (Å²) in [7, 11) is 0. The number of benzene rings is 2. The molecular weight excluding hydrogens is 469 g/mol. The van der Waals surface area contributed by atoms with Crippen LogP contribution in [0.15, 0.2) is 71.9 Å². The minimum absolute atomic E-state index is 0.190. The fourth-order valence-corrected chi connectivity index (χ4v) is 3.92. The molecule has 2 N–H and O–H groups in total. The van der Waals surface area contributed by atoms with Crippen LogP contribution in [0.2, 0.25) is 10.0 Å². The van der Waals surface area contributed by atoms with E-state index in [1.165, 1.54) is 0 Å². The Labute approximate surface area is 200 Å². The highest BCUT2D eigenvalue weighted by molar-refractivity contribution is 7.98. The third-order valence-electron chi connectivity index (χ3n) is 4.26. The van der Waals surface area contributed by atoms with E-state index in [1.807, 2.05) is 30.5 Å². The summed E-state index contributed by atoms with van der Waals surface area (Å²) in [6, 6.07) is 16.0. The van der Waals surface area contributed by atoms with Crippen molar-refractivity contribution in [2.75, 3.05) is 6.61 Å². The molecule has 0 radical (unpaired) electrons. The van der Waals surface area contributed by atoms with E-state index in [4.69, 9.17) is 27.9 Å². The molecule has 0 unspecified atom stereocenters. The standard InChI is InChI=1S/C23H21Cl2N3O3S/c24-18-7-10-21(20(25)13-18)31-12-2-4-22(29)27-28-23(30)17-5-8-19(9-6-17)32-15-16-3-1-11-26-14-16/h1,3,5-11,13-14H,2,4,12,15H2,(H,27,29)(H,28,30). The molecule has 6 nitrogen and oxygen atoms in total. The first-order valence-corrected chi connectivity index (χ1v) is 11.5. The van der Waals surface area contributed by atoms with E-state index in [9.17, 15) is 9.59 Å². The van der Waals surface area contributed by atoms with Crippen LogP contribution in [0.4, 0.5) is 0 Å². The molecular formula is C23H21Cl2N3O3S. The van der Waals surface area contributed by atoms with Gasteiger partial charge in [-0.05, 0) is 60.5 Å². The Hall–Kier alpha value is -2.74. The number of amides is 2. The number of thioether (sulfide) groups is 1. The average Bonchev–Trinajstić information content (AvgIpc) is 2.81. The lowest BCUT2D eigenvalue weighted by Crippen LogP contribution is -2.41. The molecule has 9 heteroatoms. The lowest BCUT2D eigenvalue weighted by atomic mass is 10.2. The maximum absolute atomic E-state index is 12.2. The van der Waals surface area contributed by atoms with E-state index in [0.717, 1.165) is 16.2 Å². The molecule has 0 bridgehead atoms. The van der Waals surface area contributed by atoms with Gasteiger partial charge in [-0.2, -0.15) is 0 Å². The molecule has 0 spiro atoms. The number of nitrogens with one attached hydrogen (secondary N) is 2. The topological polar surface area (TPSA) is 80.3 Å². The number of nitrogens with zero attached hydrogens (tertiary/aromatic N) is 1. The highest BCUT2D eigenvalue weighted by Gasteiger charge is 2.08. The Bertz CT molecular complexity index is 1050. The monoisotopic (exact) mass is 489 g/mol. The van der Waals surface area contributed by atoms with E-state index in [0.29, 0.717) is 34.4 Å². The number of carbonyl (C=O) groups is 2. The lowest BCUT2D eigenvalue weighted by molar-refractivity contribution is -0.122. The third-order valence-corrected chi connectivity index (χ3v) is 5.87. The predicted octanol–water partition coefficient (Wildman–Crippen LogP) is 5.30. The molecule has 3 aromatic rings. The van der Waals surface area contributed by atoms with Crippen molar-refractivity contribution in [1.29, 1.82) is 0 Å². The second-order valence-corrected chi connectivity index (χ2v) is 8.60. The van der Waals surface area contributed by atoms with Crippen molar-refractivity contribution in [2.24, 2.45) is 0 Å². The van der Waals surface area contributed by atoms with E-state index < -0.39 is 0 Å². The smallest absolute Gasteiger partial charge is 0.269 e. The fraction of sp³-hybridized carbons (Fsp3) is 0.174. The SMILES string of the molecule is O=C(CCCOc1ccc(Cl)cc1Cl)NNC(=O)c1ccc(SCc2cccnc2)cc1. The molecule has 0 saturated carbocycles. The summed E-state index contributed by atoms with van der Waals surface area (Å²) >= 11 is 13.5. The zero-order valence-electron chi connectivity index (χ0n) is 17.0. The van der Waals surface area contributed by atoms with Gasteiger partial charge in [0.1, 0.15) is 5.75 Å². The molecule has 1 aromatic heterocycles. The molecule has 3 rings (SSSR count). The van der Waals surface area contributed by atoms with Crippen LogP contribution in [0.3, 0.4) is 0 Å². The van der Waals surface area contributed by atoms with E-state index >= 15 is 0 Å². The average molecular weight is 490 g/mol. The minimum Gasteiger partial charge on any atom is -0.492 e. The van der Waals surface area contributed by atoms with Gasteiger partial charge in [0.15, 0.2) is 0 Å². The number of pyridine rings is 1. The Kier molecular flexibility index (Phi) is 9.22. The van der Waals surface area contributed by atoms with Gasteiger partial charge in [0.25, 0.3) is 5.91 Å². The Morgan fingerprint density at radius 2 is 1.84 bits per heavy atom. The molecule has 0 atom stereocenters. The van der Waals surface area contributed by atoms with Gasteiger partial charge in [-0.25, -0.2) is 0 Å². The van der Waals surface area contributed by atoms with Crippen molar-refractivity contribution in [2.45, 2.75) is 23.5 Å². The number of carbonyl (C=O) groups excluding carboxylic acids is 2. The van der Waals surface area contributed by atoms with Crippen molar-refractivity contribution >= 4 is 46.8 Å².